The van der Waals surface area contributed by atoms with Crippen LogP contribution in [-0.4, -0.2) is 9.55 Å². The molecule has 1 aliphatic rings. The fraction of sp³-hybridized carbons (Fsp3) is 0.206. The average molecular weight is 543 g/mol. The number of nitriles is 1. The molecule has 1 N–H and O–H groups in total. The van der Waals surface area contributed by atoms with E-state index in [0.29, 0.717) is 28.8 Å². The van der Waals surface area contributed by atoms with Crippen LogP contribution in [0.5, 0.6) is 0 Å². The summed E-state index contributed by atoms with van der Waals surface area (Å²) in [5, 5.41) is 10.0. The summed E-state index contributed by atoms with van der Waals surface area (Å²) in [7, 11) is 0. The molecule has 3 aromatic carbocycles. The molecule has 204 valence electrons. The minimum Gasteiger partial charge on any atom is -0.460 e. The van der Waals surface area contributed by atoms with Crippen LogP contribution in [0.3, 0.4) is 0 Å². The molecule has 7 nitrogen and oxygen atoms in total. The highest BCUT2D eigenvalue weighted by Gasteiger charge is 2.22. The van der Waals surface area contributed by atoms with Crippen molar-refractivity contribution in [2.24, 2.45) is 0 Å². The molecule has 2 aromatic heterocycles. The Morgan fingerprint density at radius 3 is 2.63 bits per heavy atom. The van der Waals surface area contributed by atoms with E-state index in [0.717, 1.165) is 58.8 Å². The van der Waals surface area contributed by atoms with Crippen molar-refractivity contribution in [3.05, 3.63) is 129 Å². The van der Waals surface area contributed by atoms with Crippen LogP contribution in [0.4, 0.5) is 0 Å². The lowest BCUT2D eigenvalue weighted by molar-refractivity contribution is 0.0505. The van der Waals surface area contributed by atoms with Crippen LogP contribution >= 0.6 is 0 Å². The van der Waals surface area contributed by atoms with E-state index in [9.17, 15) is 10.1 Å². The van der Waals surface area contributed by atoms with Crippen LogP contribution in [0.2, 0.25) is 0 Å². The summed E-state index contributed by atoms with van der Waals surface area (Å²) in [4.78, 5) is 24.7. The molecular weight excluding hydrogens is 512 g/mol. The van der Waals surface area contributed by atoms with Gasteiger partial charge in [-0.1, -0.05) is 61.9 Å². The first-order valence-corrected chi connectivity index (χ1v) is 13.9. The smallest absolute Gasteiger partial charge is 0.261 e. The Bertz CT molecular complexity index is 1860. The van der Waals surface area contributed by atoms with Crippen molar-refractivity contribution in [1.29, 1.82) is 5.26 Å². The molecule has 5 aromatic rings. The molecule has 41 heavy (non-hydrogen) atoms. The Kier molecular flexibility index (Phi) is 7.24. The largest absolute Gasteiger partial charge is 0.460 e. The van der Waals surface area contributed by atoms with Gasteiger partial charge in [-0.05, 0) is 72.0 Å². The molecule has 7 heteroatoms. The van der Waals surface area contributed by atoms with Gasteiger partial charge in [0.1, 0.15) is 23.4 Å². The number of aromatic nitrogens is 2. The van der Waals surface area contributed by atoms with Crippen molar-refractivity contribution in [2.45, 2.75) is 45.8 Å². The maximum atomic E-state index is 13.9. The van der Waals surface area contributed by atoms with E-state index in [-0.39, 0.29) is 11.7 Å². The Hall–Kier alpha value is -4.93. The highest BCUT2D eigenvalue weighted by atomic mass is 16.7. The van der Waals surface area contributed by atoms with Crippen molar-refractivity contribution in [3.8, 4) is 17.2 Å². The fourth-order valence-corrected chi connectivity index (χ4v) is 5.18. The molecule has 0 bridgehead atoms. The van der Waals surface area contributed by atoms with E-state index in [4.69, 9.17) is 14.2 Å². The Morgan fingerprint density at radius 1 is 1.05 bits per heavy atom. The fourth-order valence-electron chi connectivity index (χ4n) is 5.18. The number of nitrogens with zero attached hydrogens (tertiary/aromatic N) is 3. The second-order valence-electron chi connectivity index (χ2n) is 10.3. The monoisotopic (exact) mass is 542 g/mol. The van der Waals surface area contributed by atoms with Gasteiger partial charge in [0.25, 0.3) is 5.56 Å². The molecule has 0 amide bonds. The Balaban J connectivity index is 1.34. The van der Waals surface area contributed by atoms with Gasteiger partial charge in [-0.15, -0.1) is 0 Å². The van der Waals surface area contributed by atoms with E-state index in [1.807, 2.05) is 91.9 Å². The van der Waals surface area contributed by atoms with Crippen molar-refractivity contribution >= 4 is 16.6 Å². The summed E-state index contributed by atoms with van der Waals surface area (Å²) in [6, 6.07) is 27.4. The van der Waals surface area contributed by atoms with Gasteiger partial charge in [0.2, 0.25) is 0 Å². The van der Waals surface area contributed by atoms with E-state index < -0.39 is 0 Å². The first-order valence-electron chi connectivity index (χ1n) is 13.9. The molecule has 0 aliphatic carbocycles. The van der Waals surface area contributed by atoms with Crippen molar-refractivity contribution in [2.75, 3.05) is 0 Å². The summed E-state index contributed by atoms with van der Waals surface area (Å²) < 4.78 is 7.51. The molecule has 0 spiro atoms. The summed E-state index contributed by atoms with van der Waals surface area (Å²) in [6.07, 6.45) is 4.27. The second kappa shape index (κ2) is 11.3. The lowest BCUT2D eigenvalue weighted by atomic mass is 9.99. The third-order valence-corrected chi connectivity index (χ3v) is 7.41. The van der Waals surface area contributed by atoms with Crippen molar-refractivity contribution in [1.82, 2.24) is 15.0 Å². The minimum atomic E-state index is -0.365. The predicted molar refractivity (Wildman–Crippen MR) is 159 cm³/mol. The third-order valence-electron chi connectivity index (χ3n) is 7.41. The van der Waals surface area contributed by atoms with Crippen LogP contribution in [0.15, 0.2) is 94.2 Å². The molecule has 0 fully saturated rings. The first-order chi connectivity index (χ1) is 20.0. The molecular formula is C34H30N4O3. The zero-order valence-corrected chi connectivity index (χ0v) is 23.1. The number of hydrogen-bond acceptors (Lipinski definition) is 6. The van der Waals surface area contributed by atoms with Gasteiger partial charge in [-0.2, -0.15) is 5.26 Å². The quantitative estimate of drug-likeness (QED) is 0.231. The van der Waals surface area contributed by atoms with E-state index in [1.54, 1.807) is 4.57 Å². The summed E-state index contributed by atoms with van der Waals surface area (Å²) >= 11 is 0. The molecule has 0 radical (unpaired) electrons. The lowest BCUT2D eigenvalue weighted by Crippen LogP contribution is -2.26. The van der Waals surface area contributed by atoms with Crippen molar-refractivity contribution < 1.29 is 9.25 Å². The predicted octanol–water partition coefficient (Wildman–Crippen LogP) is 6.84. The molecule has 0 saturated carbocycles. The number of benzene rings is 3. The van der Waals surface area contributed by atoms with Crippen molar-refractivity contribution in [3.63, 3.8) is 0 Å². The SMILES string of the molecule is CCCCc1nc2ccc(C3C=C(c4ccc(C)o4)NO3)cc2c(=O)n1Cc1ccc(-c2ccccc2C#N)cc1. The lowest BCUT2D eigenvalue weighted by Gasteiger charge is -2.15. The van der Waals surface area contributed by atoms with E-state index >= 15 is 0 Å². The molecule has 1 unspecified atom stereocenters. The molecule has 1 aliphatic heterocycles. The van der Waals surface area contributed by atoms with Crippen LogP contribution in [0, 0.1) is 18.3 Å². The number of furan rings is 1. The standard InChI is InChI=1S/C34H30N4O3/c1-3-4-9-33-36-29-16-15-25(32-19-30(37-41-32)31-17-10-22(2)40-31)18-28(29)34(39)38(33)21-23-11-13-24(14-12-23)27-8-6-5-7-26(27)20-35/h5-8,10-19,32,37H,3-4,9,21H2,1-2H3. The zero-order chi connectivity index (χ0) is 28.3. The number of rotatable bonds is 8. The minimum absolute atomic E-state index is 0.0707. The van der Waals surface area contributed by atoms with Crippen LogP contribution in [0.1, 0.15) is 59.9 Å². The number of unbranched alkanes of at least 4 members (excludes halogenated alkanes) is 1. The van der Waals surface area contributed by atoms with Gasteiger partial charge in [0.15, 0.2) is 5.76 Å². The number of fused-ring (bicyclic) bond motifs is 1. The second-order valence-corrected chi connectivity index (χ2v) is 10.3. The van der Waals surface area contributed by atoms with Gasteiger partial charge in [-0.3, -0.25) is 19.7 Å². The zero-order valence-electron chi connectivity index (χ0n) is 23.1. The van der Waals surface area contributed by atoms with Crippen LogP contribution < -0.4 is 11.0 Å². The molecule has 1 atom stereocenters. The average Bonchev–Trinajstić information content (AvgIpc) is 3.67. The maximum absolute atomic E-state index is 13.9. The highest BCUT2D eigenvalue weighted by molar-refractivity contribution is 5.79. The van der Waals surface area contributed by atoms with Gasteiger partial charge >= 0.3 is 0 Å². The summed E-state index contributed by atoms with van der Waals surface area (Å²) in [5.41, 5.74) is 8.66. The summed E-state index contributed by atoms with van der Waals surface area (Å²) in [6.45, 7) is 4.44. The number of aryl methyl sites for hydroxylation is 2. The normalized spacial score (nSPS) is 14.6. The van der Waals surface area contributed by atoms with Gasteiger partial charge < -0.3 is 4.42 Å². The third kappa shape index (κ3) is 5.30. The molecule has 3 heterocycles. The number of nitrogens with one attached hydrogen (secondary N) is 1. The Labute approximate surface area is 238 Å². The van der Waals surface area contributed by atoms with E-state index in [1.165, 1.54) is 0 Å². The highest BCUT2D eigenvalue weighted by Crippen LogP contribution is 2.30. The number of hydroxylamine groups is 1. The first kappa shape index (κ1) is 26.3. The van der Waals surface area contributed by atoms with Gasteiger partial charge in [0, 0.05) is 6.42 Å². The number of hydrogen-bond donors (Lipinski definition) is 1. The Morgan fingerprint density at radius 2 is 1.88 bits per heavy atom. The maximum Gasteiger partial charge on any atom is 0.261 e. The molecule has 6 rings (SSSR count). The molecule has 0 saturated heterocycles. The van der Waals surface area contributed by atoms with Gasteiger partial charge in [-0.25, -0.2) is 4.98 Å². The van der Waals surface area contributed by atoms with E-state index in [2.05, 4.69) is 18.5 Å². The van der Waals surface area contributed by atoms with Crippen LogP contribution in [0.25, 0.3) is 27.7 Å². The topological polar surface area (TPSA) is 93.1 Å². The summed E-state index contributed by atoms with van der Waals surface area (Å²) in [5.74, 6) is 2.31. The van der Waals surface area contributed by atoms with Gasteiger partial charge in [0.05, 0.1) is 29.1 Å². The van der Waals surface area contributed by atoms with Crippen LogP contribution in [-0.2, 0) is 17.8 Å².